The van der Waals surface area contributed by atoms with E-state index in [9.17, 15) is 14.4 Å². The molecule has 3 aromatic rings. The highest BCUT2D eigenvalue weighted by Crippen LogP contribution is 2.29. The van der Waals surface area contributed by atoms with Crippen molar-refractivity contribution in [3.05, 3.63) is 76.6 Å². The van der Waals surface area contributed by atoms with Gasteiger partial charge in [-0.1, -0.05) is 74.2 Å². The SMILES string of the molecule is CC(C)N(CC(=O)c1c(-c2ccccc2)[nH]n(-c2ccccc2)c1=O)C(=O)CCC1CCCC1. The summed E-state index contributed by atoms with van der Waals surface area (Å²) in [6.07, 6.45) is 6.19. The highest BCUT2D eigenvalue weighted by Gasteiger charge is 2.28. The molecule has 1 amide bonds. The Bertz CT molecular complexity index is 1170. The second kappa shape index (κ2) is 10.7. The number of rotatable bonds is 9. The molecule has 0 unspecified atom stereocenters. The average molecular weight is 460 g/mol. The number of para-hydroxylation sites is 1. The van der Waals surface area contributed by atoms with Crippen molar-refractivity contribution < 1.29 is 9.59 Å². The normalized spacial score (nSPS) is 14.0. The summed E-state index contributed by atoms with van der Waals surface area (Å²) >= 11 is 0. The Balaban J connectivity index is 1.63. The minimum Gasteiger partial charge on any atom is -0.333 e. The fourth-order valence-electron chi connectivity index (χ4n) is 4.83. The van der Waals surface area contributed by atoms with Crippen LogP contribution in [0.15, 0.2) is 65.5 Å². The third-order valence-corrected chi connectivity index (χ3v) is 6.75. The lowest BCUT2D eigenvalue weighted by Crippen LogP contribution is -2.41. The summed E-state index contributed by atoms with van der Waals surface area (Å²) in [6.45, 7) is 3.72. The molecule has 0 bridgehead atoms. The molecule has 2 aromatic carbocycles. The standard InChI is InChI=1S/C28H33N3O3/c1-20(2)30(25(33)18-17-21-11-9-10-12-21)19-24(32)26-27(22-13-5-3-6-14-22)29-31(28(26)34)23-15-7-4-8-16-23/h3-8,13-16,20-21,29H,9-12,17-19H2,1-2H3. The molecule has 1 fully saturated rings. The first-order chi connectivity index (χ1) is 16.5. The van der Waals surface area contributed by atoms with Gasteiger partial charge in [-0.05, 0) is 38.3 Å². The fourth-order valence-corrected chi connectivity index (χ4v) is 4.83. The van der Waals surface area contributed by atoms with Gasteiger partial charge in [0.1, 0.15) is 5.56 Å². The fraction of sp³-hybridized carbons (Fsp3) is 0.393. The summed E-state index contributed by atoms with van der Waals surface area (Å²) in [4.78, 5) is 41.7. The number of amides is 1. The van der Waals surface area contributed by atoms with Crippen LogP contribution in [0.4, 0.5) is 0 Å². The highest BCUT2D eigenvalue weighted by atomic mass is 16.2. The van der Waals surface area contributed by atoms with Crippen LogP contribution in [0.2, 0.25) is 0 Å². The maximum atomic E-state index is 13.6. The molecule has 1 aliphatic rings. The van der Waals surface area contributed by atoms with Gasteiger partial charge in [-0.2, -0.15) is 0 Å². The van der Waals surface area contributed by atoms with Gasteiger partial charge in [-0.15, -0.1) is 0 Å². The van der Waals surface area contributed by atoms with Crippen LogP contribution in [0, 0.1) is 5.92 Å². The predicted molar refractivity (Wildman–Crippen MR) is 134 cm³/mol. The molecule has 1 N–H and O–H groups in total. The second-order valence-corrected chi connectivity index (χ2v) is 9.43. The Labute approximate surface area is 200 Å². The number of ketones is 1. The molecular weight excluding hydrogens is 426 g/mol. The summed E-state index contributed by atoms with van der Waals surface area (Å²) in [5.74, 6) is 0.245. The van der Waals surface area contributed by atoms with Crippen LogP contribution < -0.4 is 5.56 Å². The van der Waals surface area contributed by atoms with Crippen molar-refractivity contribution in [2.75, 3.05) is 6.54 Å². The maximum Gasteiger partial charge on any atom is 0.282 e. The van der Waals surface area contributed by atoms with Crippen molar-refractivity contribution in [1.29, 1.82) is 0 Å². The molecule has 6 heteroatoms. The van der Waals surface area contributed by atoms with Crippen molar-refractivity contribution in [3.63, 3.8) is 0 Å². The van der Waals surface area contributed by atoms with Gasteiger partial charge in [-0.25, -0.2) is 4.68 Å². The number of aromatic amines is 1. The number of Topliss-reactive ketones (excluding diaryl/α,β-unsaturated/α-hetero) is 1. The molecule has 0 radical (unpaired) electrons. The van der Waals surface area contributed by atoms with E-state index in [-0.39, 0.29) is 29.8 Å². The van der Waals surface area contributed by atoms with Crippen LogP contribution >= 0.6 is 0 Å². The summed E-state index contributed by atoms with van der Waals surface area (Å²) < 4.78 is 1.40. The van der Waals surface area contributed by atoms with Gasteiger partial charge in [-0.3, -0.25) is 19.5 Å². The first kappa shape index (κ1) is 23.7. The van der Waals surface area contributed by atoms with Gasteiger partial charge in [0.05, 0.1) is 17.9 Å². The zero-order valence-electron chi connectivity index (χ0n) is 20.0. The molecule has 1 heterocycles. The topological polar surface area (TPSA) is 75.2 Å². The number of carbonyl (C=O) groups excluding carboxylic acids is 2. The smallest absolute Gasteiger partial charge is 0.282 e. The van der Waals surface area contributed by atoms with E-state index in [1.165, 1.54) is 30.4 Å². The molecular formula is C28H33N3O3. The largest absolute Gasteiger partial charge is 0.333 e. The van der Waals surface area contributed by atoms with Gasteiger partial charge < -0.3 is 4.90 Å². The third kappa shape index (κ3) is 5.22. The monoisotopic (exact) mass is 459 g/mol. The Morgan fingerprint density at radius 2 is 1.62 bits per heavy atom. The highest BCUT2D eigenvalue weighted by molar-refractivity contribution is 6.03. The van der Waals surface area contributed by atoms with Gasteiger partial charge >= 0.3 is 0 Å². The Morgan fingerprint density at radius 1 is 1.00 bits per heavy atom. The summed E-state index contributed by atoms with van der Waals surface area (Å²) in [7, 11) is 0. The zero-order chi connectivity index (χ0) is 24.1. The molecule has 0 atom stereocenters. The van der Waals surface area contributed by atoms with Crippen molar-refractivity contribution in [2.24, 2.45) is 5.92 Å². The predicted octanol–water partition coefficient (Wildman–Crippen LogP) is 5.22. The van der Waals surface area contributed by atoms with E-state index in [1.54, 1.807) is 4.90 Å². The Kier molecular flexibility index (Phi) is 7.46. The van der Waals surface area contributed by atoms with Crippen LogP contribution in [-0.4, -0.2) is 39.0 Å². The molecule has 0 saturated heterocycles. The van der Waals surface area contributed by atoms with Crippen molar-refractivity contribution in [3.8, 4) is 16.9 Å². The number of aromatic nitrogens is 2. The molecule has 178 valence electrons. The molecule has 0 spiro atoms. The van der Waals surface area contributed by atoms with Gasteiger partial charge in [0.15, 0.2) is 5.78 Å². The van der Waals surface area contributed by atoms with E-state index in [2.05, 4.69) is 5.10 Å². The van der Waals surface area contributed by atoms with E-state index in [1.807, 2.05) is 74.5 Å². The lowest BCUT2D eigenvalue weighted by atomic mass is 10.0. The van der Waals surface area contributed by atoms with Gasteiger partial charge in [0.25, 0.3) is 5.56 Å². The average Bonchev–Trinajstić information content (AvgIpc) is 3.49. The summed E-state index contributed by atoms with van der Waals surface area (Å²) in [6, 6.07) is 18.4. The van der Waals surface area contributed by atoms with E-state index in [0.717, 1.165) is 12.0 Å². The van der Waals surface area contributed by atoms with Crippen molar-refractivity contribution >= 4 is 11.7 Å². The van der Waals surface area contributed by atoms with Crippen molar-refractivity contribution in [1.82, 2.24) is 14.7 Å². The number of hydrogen-bond donors (Lipinski definition) is 1. The minimum absolute atomic E-state index is 0.0181. The van der Waals surface area contributed by atoms with Crippen LogP contribution in [0.1, 0.15) is 62.7 Å². The maximum absolute atomic E-state index is 13.6. The van der Waals surface area contributed by atoms with Gasteiger partial charge in [0, 0.05) is 18.0 Å². The molecule has 34 heavy (non-hydrogen) atoms. The van der Waals surface area contributed by atoms with Crippen LogP contribution in [0.3, 0.4) is 0 Å². The first-order valence-corrected chi connectivity index (χ1v) is 12.2. The molecule has 0 aliphatic heterocycles. The number of benzene rings is 2. The molecule has 4 rings (SSSR count). The number of hydrogen-bond acceptors (Lipinski definition) is 3. The van der Waals surface area contributed by atoms with Crippen LogP contribution in [-0.2, 0) is 4.79 Å². The molecule has 1 aromatic heterocycles. The molecule has 6 nitrogen and oxygen atoms in total. The first-order valence-electron chi connectivity index (χ1n) is 12.2. The van der Waals surface area contributed by atoms with Crippen LogP contribution in [0.5, 0.6) is 0 Å². The Morgan fingerprint density at radius 3 is 2.24 bits per heavy atom. The number of nitrogens with zero attached hydrogens (tertiary/aromatic N) is 2. The van der Waals surface area contributed by atoms with E-state index in [0.29, 0.717) is 23.7 Å². The third-order valence-electron chi connectivity index (χ3n) is 6.75. The Hall–Kier alpha value is -3.41. The van der Waals surface area contributed by atoms with E-state index >= 15 is 0 Å². The number of H-pyrrole nitrogens is 1. The number of nitrogens with one attached hydrogen (secondary N) is 1. The minimum atomic E-state index is -0.405. The molecule has 1 aliphatic carbocycles. The number of carbonyl (C=O) groups is 2. The lowest BCUT2D eigenvalue weighted by Gasteiger charge is -2.26. The molecule has 1 saturated carbocycles. The summed E-state index contributed by atoms with van der Waals surface area (Å²) in [5.41, 5.74) is 1.56. The van der Waals surface area contributed by atoms with Crippen LogP contribution in [0.25, 0.3) is 16.9 Å². The lowest BCUT2D eigenvalue weighted by molar-refractivity contribution is -0.132. The zero-order valence-corrected chi connectivity index (χ0v) is 20.0. The van der Waals surface area contributed by atoms with Gasteiger partial charge in [0.2, 0.25) is 5.91 Å². The van der Waals surface area contributed by atoms with Crippen molar-refractivity contribution in [2.45, 2.75) is 58.4 Å². The quantitative estimate of drug-likeness (QED) is 0.446. The van der Waals surface area contributed by atoms with E-state index in [4.69, 9.17) is 0 Å². The van der Waals surface area contributed by atoms with E-state index < -0.39 is 5.56 Å². The second-order valence-electron chi connectivity index (χ2n) is 9.43. The summed E-state index contributed by atoms with van der Waals surface area (Å²) in [5, 5.41) is 3.14.